The Morgan fingerprint density at radius 2 is 2.11 bits per heavy atom. The van der Waals surface area contributed by atoms with Gasteiger partial charge in [-0.3, -0.25) is 4.79 Å². The number of likely N-dealkylation sites (tertiary alicyclic amines) is 1. The topological polar surface area (TPSA) is 90.7 Å². The minimum absolute atomic E-state index is 0.00247. The Hall–Kier alpha value is -1.37. The highest BCUT2D eigenvalue weighted by atomic mass is 35.5. The number of β-amino-alcohol motifs (C(OH)–C–C–N with tert-alkyl or cyclic N) is 1. The lowest BCUT2D eigenvalue weighted by Gasteiger charge is -2.21. The number of nitrogens with zero attached hydrogens (tertiary/aromatic N) is 2. The standard InChI is InChI=1S/C11H10Cl2N2O4/c12-7-3-14-9(13)2-6(7)10(17)15-4-5(16)1-8(15)11(18)19/h2-3,5,8,16H,1,4H2,(H,18,19)/t5?,8-/m0/s1. The fraction of sp³-hybridized carbons (Fsp3) is 0.364. The summed E-state index contributed by atoms with van der Waals surface area (Å²) in [6.45, 7) is -0.0495. The van der Waals surface area contributed by atoms with Gasteiger partial charge in [0.2, 0.25) is 0 Å². The van der Waals surface area contributed by atoms with Crippen LogP contribution < -0.4 is 0 Å². The van der Waals surface area contributed by atoms with Gasteiger partial charge in [0.15, 0.2) is 0 Å². The Morgan fingerprint density at radius 3 is 2.74 bits per heavy atom. The Labute approximate surface area is 118 Å². The minimum Gasteiger partial charge on any atom is -0.480 e. The molecule has 1 amide bonds. The predicted molar refractivity (Wildman–Crippen MR) is 67.3 cm³/mol. The number of carbonyl (C=O) groups excluding carboxylic acids is 1. The van der Waals surface area contributed by atoms with Gasteiger partial charge in [-0.1, -0.05) is 23.2 Å². The van der Waals surface area contributed by atoms with Gasteiger partial charge >= 0.3 is 5.97 Å². The number of carbonyl (C=O) groups is 2. The van der Waals surface area contributed by atoms with Crippen molar-refractivity contribution in [1.82, 2.24) is 9.88 Å². The van der Waals surface area contributed by atoms with Crippen LogP contribution in [0.4, 0.5) is 0 Å². The summed E-state index contributed by atoms with van der Waals surface area (Å²) in [6, 6.07) is 0.209. The van der Waals surface area contributed by atoms with Gasteiger partial charge in [0.25, 0.3) is 5.91 Å². The van der Waals surface area contributed by atoms with E-state index in [1.807, 2.05) is 0 Å². The highest BCUT2D eigenvalue weighted by molar-refractivity contribution is 6.35. The highest BCUT2D eigenvalue weighted by Crippen LogP contribution is 2.25. The van der Waals surface area contributed by atoms with Crippen LogP contribution in [0.15, 0.2) is 12.3 Å². The van der Waals surface area contributed by atoms with Gasteiger partial charge in [0.1, 0.15) is 11.2 Å². The monoisotopic (exact) mass is 304 g/mol. The van der Waals surface area contributed by atoms with E-state index in [1.165, 1.54) is 12.3 Å². The van der Waals surface area contributed by atoms with Crippen molar-refractivity contribution < 1.29 is 19.8 Å². The summed E-state index contributed by atoms with van der Waals surface area (Å²) in [7, 11) is 0. The highest BCUT2D eigenvalue weighted by Gasteiger charge is 2.39. The molecule has 2 atom stereocenters. The summed E-state index contributed by atoms with van der Waals surface area (Å²) in [5.41, 5.74) is 0.0713. The lowest BCUT2D eigenvalue weighted by Crippen LogP contribution is -2.40. The molecular formula is C11H10Cl2N2O4. The summed E-state index contributed by atoms with van der Waals surface area (Å²) in [6.07, 6.45) is 0.359. The maximum absolute atomic E-state index is 12.3. The zero-order valence-electron chi connectivity index (χ0n) is 9.58. The summed E-state index contributed by atoms with van der Waals surface area (Å²) in [5.74, 6) is -1.75. The van der Waals surface area contributed by atoms with Crippen LogP contribution in [0.5, 0.6) is 0 Å². The van der Waals surface area contributed by atoms with Crippen molar-refractivity contribution in [3.05, 3.63) is 28.0 Å². The van der Waals surface area contributed by atoms with Crippen LogP contribution in [0.25, 0.3) is 0 Å². The van der Waals surface area contributed by atoms with Gasteiger partial charge in [0.05, 0.1) is 16.7 Å². The Morgan fingerprint density at radius 1 is 1.42 bits per heavy atom. The van der Waals surface area contributed by atoms with Crippen molar-refractivity contribution >= 4 is 35.1 Å². The molecule has 0 spiro atoms. The first kappa shape index (κ1) is 14.0. The number of halogens is 2. The molecule has 1 unspecified atom stereocenters. The van der Waals surface area contributed by atoms with Gasteiger partial charge < -0.3 is 15.1 Å². The van der Waals surface area contributed by atoms with E-state index in [0.717, 1.165) is 4.90 Å². The molecule has 1 aromatic rings. The van der Waals surface area contributed by atoms with E-state index in [-0.39, 0.29) is 28.7 Å². The van der Waals surface area contributed by atoms with E-state index >= 15 is 0 Å². The first-order valence-electron chi connectivity index (χ1n) is 5.43. The minimum atomic E-state index is -1.17. The number of rotatable bonds is 2. The lowest BCUT2D eigenvalue weighted by molar-refractivity contribution is -0.141. The third kappa shape index (κ3) is 2.80. The molecule has 2 rings (SSSR count). The van der Waals surface area contributed by atoms with Crippen LogP contribution in [0.2, 0.25) is 10.2 Å². The molecule has 1 aliphatic rings. The Balaban J connectivity index is 2.33. The van der Waals surface area contributed by atoms with Crippen LogP contribution in [0.1, 0.15) is 16.8 Å². The summed E-state index contributed by atoms with van der Waals surface area (Å²) in [4.78, 5) is 28.1. The first-order chi connectivity index (χ1) is 8.90. The van der Waals surface area contributed by atoms with Crippen LogP contribution in [0.3, 0.4) is 0 Å². The quantitative estimate of drug-likeness (QED) is 0.797. The van der Waals surface area contributed by atoms with E-state index in [2.05, 4.69) is 4.98 Å². The fourth-order valence-electron chi connectivity index (χ4n) is 2.00. The van der Waals surface area contributed by atoms with Crippen molar-refractivity contribution in [2.24, 2.45) is 0 Å². The van der Waals surface area contributed by atoms with E-state index in [4.69, 9.17) is 28.3 Å². The smallest absolute Gasteiger partial charge is 0.326 e. The average Bonchev–Trinajstić information content (AvgIpc) is 2.74. The van der Waals surface area contributed by atoms with Gasteiger partial charge in [-0.15, -0.1) is 0 Å². The third-order valence-corrected chi connectivity index (χ3v) is 3.39. The van der Waals surface area contributed by atoms with Crippen molar-refractivity contribution in [3.8, 4) is 0 Å². The second-order valence-corrected chi connectivity index (χ2v) is 4.98. The Bertz CT molecular complexity index is 537. The number of hydrogen-bond acceptors (Lipinski definition) is 4. The van der Waals surface area contributed by atoms with Crippen molar-refractivity contribution in [2.45, 2.75) is 18.6 Å². The first-order valence-corrected chi connectivity index (χ1v) is 6.18. The number of pyridine rings is 1. The molecule has 102 valence electrons. The SMILES string of the molecule is O=C(O)[C@@H]1CC(O)CN1C(=O)c1cc(Cl)ncc1Cl. The molecule has 2 heterocycles. The number of aliphatic hydroxyl groups excluding tert-OH is 1. The summed E-state index contributed by atoms with van der Waals surface area (Å²) >= 11 is 11.5. The van der Waals surface area contributed by atoms with Crippen LogP contribution >= 0.6 is 23.2 Å². The van der Waals surface area contributed by atoms with Gasteiger partial charge in [0, 0.05) is 19.2 Å². The Kier molecular flexibility index (Phi) is 3.93. The molecule has 0 radical (unpaired) electrons. The number of carboxylic acid groups (broad SMARTS) is 1. The summed E-state index contributed by atoms with van der Waals surface area (Å²) in [5, 5.41) is 18.7. The normalized spacial score (nSPS) is 22.6. The predicted octanol–water partition coefficient (Wildman–Crippen LogP) is 1.05. The van der Waals surface area contributed by atoms with Crippen molar-refractivity contribution in [3.63, 3.8) is 0 Å². The largest absolute Gasteiger partial charge is 0.480 e. The van der Waals surface area contributed by atoms with Crippen LogP contribution in [-0.4, -0.2) is 50.7 Å². The van der Waals surface area contributed by atoms with E-state index in [1.54, 1.807) is 0 Å². The molecule has 1 aromatic heterocycles. The van der Waals surface area contributed by atoms with Gasteiger partial charge in [-0.2, -0.15) is 0 Å². The number of hydrogen-bond donors (Lipinski definition) is 2. The molecule has 8 heteroatoms. The molecule has 2 N–H and O–H groups in total. The molecule has 1 saturated heterocycles. The van der Waals surface area contributed by atoms with Gasteiger partial charge in [-0.25, -0.2) is 9.78 Å². The zero-order valence-corrected chi connectivity index (χ0v) is 11.1. The molecule has 0 aliphatic carbocycles. The van der Waals surface area contributed by atoms with E-state index < -0.39 is 24.0 Å². The van der Waals surface area contributed by atoms with Crippen LogP contribution in [-0.2, 0) is 4.79 Å². The average molecular weight is 305 g/mol. The maximum atomic E-state index is 12.3. The van der Waals surface area contributed by atoms with Crippen molar-refractivity contribution in [2.75, 3.05) is 6.54 Å². The maximum Gasteiger partial charge on any atom is 0.326 e. The third-order valence-electron chi connectivity index (χ3n) is 2.88. The number of aliphatic carboxylic acids is 1. The molecule has 0 saturated carbocycles. The summed E-state index contributed by atoms with van der Waals surface area (Å²) < 4.78 is 0. The molecule has 1 fully saturated rings. The van der Waals surface area contributed by atoms with E-state index in [0.29, 0.717) is 0 Å². The lowest BCUT2D eigenvalue weighted by atomic mass is 10.2. The molecule has 1 aliphatic heterocycles. The van der Waals surface area contributed by atoms with Gasteiger partial charge in [-0.05, 0) is 6.07 Å². The zero-order chi connectivity index (χ0) is 14.2. The molecule has 0 bridgehead atoms. The number of amides is 1. The molecule has 0 aromatic carbocycles. The van der Waals surface area contributed by atoms with E-state index in [9.17, 15) is 14.7 Å². The van der Waals surface area contributed by atoms with Crippen molar-refractivity contribution in [1.29, 1.82) is 0 Å². The van der Waals surface area contributed by atoms with Crippen LogP contribution in [0, 0.1) is 0 Å². The fourth-order valence-corrected chi connectivity index (χ4v) is 2.35. The number of aliphatic hydroxyl groups is 1. The number of aromatic nitrogens is 1. The number of carboxylic acids is 1. The molecule has 19 heavy (non-hydrogen) atoms. The second kappa shape index (κ2) is 5.32. The second-order valence-electron chi connectivity index (χ2n) is 4.19. The molecule has 6 nitrogen and oxygen atoms in total. The molecular weight excluding hydrogens is 295 g/mol.